The van der Waals surface area contributed by atoms with Gasteiger partial charge < -0.3 is 5.73 Å². The van der Waals surface area contributed by atoms with Crippen molar-refractivity contribution in [2.75, 3.05) is 5.73 Å². The van der Waals surface area contributed by atoms with Crippen molar-refractivity contribution in [3.8, 4) is 11.1 Å². The summed E-state index contributed by atoms with van der Waals surface area (Å²) in [5.41, 5.74) is 8.37. The third kappa shape index (κ3) is 2.02. The molecule has 1 nitrogen and oxygen atoms in total. The molecule has 2 N–H and O–H groups in total. The van der Waals surface area contributed by atoms with Crippen molar-refractivity contribution >= 4 is 17.3 Å². The van der Waals surface area contributed by atoms with E-state index in [1.165, 1.54) is 6.07 Å². The van der Waals surface area contributed by atoms with Crippen LogP contribution in [-0.4, -0.2) is 0 Å². The molecule has 2 rings (SSSR count). The molecule has 82 valence electrons. The predicted octanol–water partition coefficient (Wildman–Crippen LogP) is 4.04. The Morgan fingerprint density at radius 3 is 2.50 bits per heavy atom. The number of rotatable bonds is 1. The molecule has 0 aromatic heterocycles. The summed E-state index contributed by atoms with van der Waals surface area (Å²) < 4.78 is 13.3. The fourth-order valence-electron chi connectivity index (χ4n) is 1.65. The molecule has 0 aliphatic heterocycles. The lowest BCUT2D eigenvalue weighted by Crippen LogP contribution is -1.91. The maximum Gasteiger partial charge on any atom is 0.146 e. The van der Waals surface area contributed by atoms with Crippen molar-refractivity contribution in [3.63, 3.8) is 0 Å². The molecule has 3 heteroatoms. The molecule has 0 radical (unpaired) electrons. The average Bonchev–Trinajstić information content (AvgIpc) is 2.22. The number of aryl methyl sites for hydroxylation is 1. The highest BCUT2D eigenvalue weighted by atomic mass is 35.5. The summed E-state index contributed by atoms with van der Waals surface area (Å²) in [5, 5.41) is 0.678. The fraction of sp³-hybridized carbons (Fsp3) is 0.0769. The Kier molecular flexibility index (Phi) is 2.84. The number of nitrogens with two attached hydrogens (primary N) is 1. The number of hydrogen-bond donors (Lipinski definition) is 1. The van der Waals surface area contributed by atoms with Gasteiger partial charge in [-0.3, -0.25) is 0 Å². The van der Waals surface area contributed by atoms with Gasteiger partial charge in [0.1, 0.15) is 5.82 Å². The van der Waals surface area contributed by atoms with Gasteiger partial charge in [0, 0.05) is 5.02 Å². The Bertz CT molecular complexity index is 537. The quantitative estimate of drug-likeness (QED) is 0.742. The van der Waals surface area contributed by atoms with Gasteiger partial charge in [0.2, 0.25) is 0 Å². The highest BCUT2D eigenvalue weighted by Gasteiger charge is 2.05. The minimum Gasteiger partial charge on any atom is -0.396 e. The summed E-state index contributed by atoms with van der Waals surface area (Å²) in [6, 6.07) is 10.3. The zero-order chi connectivity index (χ0) is 11.7. The van der Waals surface area contributed by atoms with E-state index in [0.29, 0.717) is 5.02 Å². The summed E-state index contributed by atoms with van der Waals surface area (Å²) in [7, 11) is 0. The van der Waals surface area contributed by atoms with Gasteiger partial charge in [-0.05, 0) is 47.9 Å². The maximum absolute atomic E-state index is 13.3. The van der Waals surface area contributed by atoms with Crippen LogP contribution in [0.1, 0.15) is 5.56 Å². The van der Waals surface area contributed by atoms with Crippen LogP contribution >= 0.6 is 11.6 Å². The van der Waals surface area contributed by atoms with Crippen LogP contribution in [0.4, 0.5) is 10.1 Å². The number of halogens is 2. The van der Waals surface area contributed by atoms with E-state index in [1.807, 2.05) is 19.1 Å². The van der Waals surface area contributed by atoms with E-state index in [4.69, 9.17) is 17.3 Å². The van der Waals surface area contributed by atoms with E-state index in [1.54, 1.807) is 18.2 Å². The van der Waals surface area contributed by atoms with E-state index in [9.17, 15) is 4.39 Å². The predicted molar refractivity (Wildman–Crippen MR) is 66.0 cm³/mol. The summed E-state index contributed by atoms with van der Waals surface area (Å²) in [6.45, 7) is 1.94. The van der Waals surface area contributed by atoms with Crippen LogP contribution in [0.2, 0.25) is 5.02 Å². The second kappa shape index (κ2) is 4.14. The van der Waals surface area contributed by atoms with E-state index in [0.717, 1.165) is 16.7 Å². The van der Waals surface area contributed by atoms with Crippen LogP contribution in [-0.2, 0) is 0 Å². The Balaban J connectivity index is 2.54. The Hall–Kier alpha value is -1.54. The van der Waals surface area contributed by atoms with Gasteiger partial charge in [-0.2, -0.15) is 0 Å². The molecule has 0 atom stereocenters. The first-order valence-corrected chi connectivity index (χ1v) is 5.27. The molecular formula is C13H11ClFN. The zero-order valence-electron chi connectivity index (χ0n) is 8.80. The van der Waals surface area contributed by atoms with E-state index in [-0.39, 0.29) is 5.69 Å². The van der Waals surface area contributed by atoms with Crippen LogP contribution in [0.5, 0.6) is 0 Å². The maximum atomic E-state index is 13.3. The third-order valence-electron chi connectivity index (χ3n) is 2.50. The monoisotopic (exact) mass is 235 g/mol. The lowest BCUT2D eigenvalue weighted by atomic mass is 10.0. The zero-order valence-corrected chi connectivity index (χ0v) is 9.55. The normalized spacial score (nSPS) is 10.4. The summed E-state index contributed by atoms with van der Waals surface area (Å²) in [4.78, 5) is 0. The van der Waals surface area contributed by atoms with Crippen LogP contribution < -0.4 is 5.73 Å². The number of benzene rings is 2. The topological polar surface area (TPSA) is 26.0 Å². The first-order valence-electron chi connectivity index (χ1n) is 4.89. The molecule has 0 saturated heterocycles. The van der Waals surface area contributed by atoms with Crippen LogP contribution in [0, 0.1) is 12.7 Å². The molecule has 16 heavy (non-hydrogen) atoms. The van der Waals surface area contributed by atoms with E-state index < -0.39 is 5.82 Å². The lowest BCUT2D eigenvalue weighted by molar-refractivity contribution is 0.633. The Morgan fingerprint density at radius 2 is 1.88 bits per heavy atom. The number of anilines is 1. The lowest BCUT2D eigenvalue weighted by Gasteiger charge is -2.07. The molecule has 2 aromatic rings. The number of nitrogen functional groups attached to an aromatic ring is 1. The summed E-state index contributed by atoms with van der Waals surface area (Å²) in [6.07, 6.45) is 0. The van der Waals surface area contributed by atoms with Crippen molar-refractivity contribution in [2.24, 2.45) is 0 Å². The first kappa shape index (κ1) is 11.0. The van der Waals surface area contributed by atoms with E-state index >= 15 is 0 Å². The van der Waals surface area contributed by atoms with E-state index in [2.05, 4.69) is 0 Å². The highest BCUT2D eigenvalue weighted by molar-refractivity contribution is 6.30. The molecule has 0 heterocycles. The molecule has 0 aliphatic carbocycles. The van der Waals surface area contributed by atoms with Crippen molar-refractivity contribution in [1.82, 2.24) is 0 Å². The molecule has 0 unspecified atom stereocenters. The smallest absolute Gasteiger partial charge is 0.146 e. The van der Waals surface area contributed by atoms with Crippen molar-refractivity contribution in [2.45, 2.75) is 6.92 Å². The molecule has 0 saturated carbocycles. The van der Waals surface area contributed by atoms with Crippen molar-refractivity contribution in [3.05, 3.63) is 52.8 Å². The van der Waals surface area contributed by atoms with Crippen molar-refractivity contribution < 1.29 is 4.39 Å². The van der Waals surface area contributed by atoms with Gasteiger partial charge >= 0.3 is 0 Å². The first-order chi connectivity index (χ1) is 7.58. The SMILES string of the molecule is Cc1cc(Cl)ccc1-c1ccc(N)c(F)c1. The summed E-state index contributed by atoms with van der Waals surface area (Å²) >= 11 is 5.87. The minimum atomic E-state index is -0.396. The highest BCUT2D eigenvalue weighted by Crippen LogP contribution is 2.27. The van der Waals surface area contributed by atoms with Gasteiger partial charge in [-0.25, -0.2) is 4.39 Å². The molecular weight excluding hydrogens is 225 g/mol. The molecule has 0 fully saturated rings. The van der Waals surface area contributed by atoms with Gasteiger partial charge in [-0.1, -0.05) is 23.7 Å². The van der Waals surface area contributed by atoms with Crippen LogP contribution in [0.3, 0.4) is 0 Å². The van der Waals surface area contributed by atoms with Crippen LogP contribution in [0.15, 0.2) is 36.4 Å². The summed E-state index contributed by atoms with van der Waals surface area (Å²) in [5.74, 6) is -0.396. The third-order valence-corrected chi connectivity index (χ3v) is 2.74. The van der Waals surface area contributed by atoms with Gasteiger partial charge in [-0.15, -0.1) is 0 Å². The van der Waals surface area contributed by atoms with Gasteiger partial charge in [0.05, 0.1) is 5.69 Å². The second-order valence-corrected chi connectivity index (χ2v) is 4.13. The van der Waals surface area contributed by atoms with Crippen LogP contribution in [0.25, 0.3) is 11.1 Å². The van der Waals surface area contributed by atoms with Crippen molar-refractivity contribution in [1.29, 1.82) is 0 Å². The molecule has 0 spiro atoms. The largest absolute Gasteiger partial charge is 0.396 e. The molecule has 2 aromatic carbocycles. The molecule has 0 amide bonds. The Labute approximate surface area is 98.7 Å². The number of hydrogen-bond acceptors (Lipinski definition) is 1. The second-order valence-electron chi connectivity index (χ2n) is 3.70. The van der Waals surface area contributed by atoms with Gasteiger partial charge in [0.15, 0.2) is 0 Å². The standard InChI is InChI=1S/C13H11ClFN/c1-8-6-10(14)3-4-11(8)9-2-5-13(16)12(15)7-9/h2-7H,16H2,1H3. The Morgan fingerprint density at radius 1 is 1.12 bits per heavy atom. The fourth-order valence-corrected chi connectivity index (χ4v) is 1.87. The molecule has 0 bridgehead atoms. The average molecular weight is 236 g/mol. The minimum absolute atomic E-state index is 0.162. The molecule has 0 aliphatic rings. The van der Waals surface area contributed by atoms with Gasteiger partial charge in [0.25, 0.3) is 0 Å².